The van der Waals surface area contributed by atoms with Crippen LogP contribution in [0.2, 0.25) is 103 Å². The maximum Gasteiger partial charge on any atom is 0.384 e. The van der Waals surface area contributed by atoms with E-state index in [0.29, 0.717) is 22.8 Å². The summed E-state index contributed by atoms with van der Waals surface area (Å²) in [6.45, 7) is 35.2. The number of methoxy groups -OCH3 is 1. The first kappa shape index (κ1) is 81.1. The van der Waals surface area contributed by atoms with Crippen LogP contribution in [0.15, 0.2) is 182 Å². The van der Waals surface area contributed by atoms with Crippen LogP contribution in [0.25, 0.3) is 0 Å². The lowest BCUT2D eigenvalue weighted by Gasteiger charge is -2.34. The molecular formula is C80H114O13Si6. The van der Waals surface area contributed by atoms with Gasteiger partial charge in [0.25, 0.3) is 0 Å². The third-order valence-electron chi connectivity index (χ3n) is 18.1. The van der Waals surface area contributed by atoms with Crippen molar-refractivity contribution in [2.75, 3.05) is 7.11 Å². The Hall–Kier alpha value is -6.90. The second-order valence-electron chi connectivity index (χ2n) is 30.5. The zero-order chi connectivity index (χ0) is 73.0. The summed E-state index contributed by atoms with van der Waals surface area (Å²) in [6, 6.07) is 61.8. The molecule has 19 heteroatoms. The topological polar surface area (TPSA) is 197 Å². The SMILES string of the molecule is CC(C)(c1ccc(O)cc1)c1ccc(O[Si](C)(C)O[Si](C)(C)Oc2ccc(C(C)(C)c3ccc(O)cc3)cc2)cc1.COc1cc(CCC[Si](C)(C)O[Si](C)(C)CCCc2ccc(O)c(CO)c2)ccc1O.C[Si](C)(CCCc1ccccc1O)O[Si](C)(C)CCCc1ccccc1O. The van der Waals surface area contributed by atoms with Crippen LogP contribution in [-0.4, -0.2) is 93.2 Å². The molecular weight excluding hydrogens is 1340 g/mol. The molecule has 0 unspecified atom stereocenters. The molecule has 0 spiro atoms. The Labute approximate surface area is 598 Å². The summed E-state index contributed by atoms with van der Waals surface area (Å²) >= 11 is 0. The molecule has 7 N–H and O–H groups in total. The number of benzene rings is 8. The molecule has 0 aliphatic heterocycles. The molecule has 0 radical (unpaired) electrons. The molecule has 0 fully saturated rings. The number of hydrogen-bond acceptors (Lipinski definition) is 13. The van der Waals surface area contributed by atoms with Crippen molar-refractivity contribution in [3.05, 3.63) is 232 Å². The second kappa shape index (κ2) is 35.6. The summed E-state index contributed by atoms with van der Waals surface area (Å²) < 4.78 is 38.1. The minimum Gasteiger partial charge on any atom is -0.521 e. The minimum absolute atomic E-state index is 0.139. The van der Waals surface area contributed by atoms with E-state index in [1.807, 2.05) is 135 Å². The lowest BCUT2D eigenvalue weighted by molar-refractivity contribution is 0.275. The smallest absolute Gasteiger partial charge is 0.384 e. The maximum absolute atomic E-state index is 9.91. The van der Waals surface area contributed by atoms with E-state index in [1.165, 1.54) is 5.56 Å². The van der Waals surface area contributed by atoms with Crippen LogP contribution in [0, 0.1) is 0 Å². The molecule has 0 heterocycles. The van der Waals surface area contributed by atoms with Crippen molar-refractivity contribution in [3.8, 4) is 51.7 Å². The van der Waals surface area contributed by atoms with Crippen LogP contribution in [0.3, 0.4) is 0 Å². The largest absolute Gasteiger partial charge is 0.521 e. The fraction of sp³-hybridized carbons (Fsp3) is 0.400. The third-order valence-corrected chi connectivity index (χ3v) is 38.6. The molecule has 99 heavy (non-hydrogen) atoms. The fourth-order valence-electron chi connectivity index (χ4n) is 13.0. The number of aliphatic hydroxyl groups is 1. The van der Waals surface area contributed by atoms with Gasteiger partial charge in [-0.2, -0.15) is 0 Å². The van der Waals surface area contributed by atoms with Crippen molar-refractivity contribution in [1.29, 1.82) is 0 Å². The van der Waals surface area contributed by atoms with Crippen LogP contribution >= 0.6 is 0 Å². The molecule has 536 valence electrons. The van der Waals surface area contributed by atoms with Gasteiger partial charge in [0.05, 0.1) is 13.7 Å². The first-order valence-corrected chi connectivity index (χ1v) is 53.0. The van der Waals surface area contributed by atoms with E-state index < -0.39 is 50.4 Å². The van der Waals surface area contributed by atoms with Gasteiger partial charge in [-0.3, -0.25) is 0 Å². The summed E-state index contributed by atoms with van der Waals surface area (Å²) in [5, 5.41) is 67.9. The van der Waals surface area contributed by atoms with Crippen molar-refractivity contribution in [2.24, 2.45) is 0 Å². The van der Waals surface area contributed by atoms with Crippen LogP contribution in [0.5, 0.6) is 51.7 Å². The number of hydrogen-bond donors (Lipinski definition) is 7. The Bertz CT molecular complexity index is 3540. The zero-order valence-corrected chi connectivity index (χ0v) is 68.1. The van der Waals surface area contributed by atoms with Crippen molar-refractivity contribution >= 4 is 50.4 Å². The van der Waals surface area contributed by atoms with E-state index in [4.69, 9.17) is 25.9 Å². The van der Waals surface area contributed by atoms with Gasteiger partial charge in [0.15, 0.2) is 44.8 Å². The number of ether oxygens (including phenoxy) is 1. The quantitative estimate of drug-likeness (QED) is 0.0197. The zero-order valence-electron chi connectivity index (χ0n) is 62.1. The Kier molecular flexibility index (Phi) is 29.2. The van der Waals surface area contributed by atoms with Crippen LogP contribution in [0.4, 0.5) is 0 Å². The van der Waals surface area contributed by atoms with Gasteiger partial charge >= 0.3 is 17.1 Å². The Morgan fingerprint density at radius 1 is 0.333 bits per heavy atom. The summed E-state index contributed by atoms with van der Waals surface area (Å²) in [7, 11) is -10.5. The third kappa shape index (κ3) is 26.5. The van der Waals surface area contributed by atoms with Crippen LogP contribution in [0.1, 0.15) is 103 Å². The van der Waals surface area contributed by atoms with Gasteiger partial charge in [0, 0.05) is 16.4 Å². The highest BCUT2D eigenvalue weighted by molar-refractivity contribution is 6.85. The predicted octanol–water partition coefficient (Wildman–Crippen LogP) is 20.3. The van der Waals surface area contributed by atoms with Gasteiger partial charge < -0.3 is 61.7 Å². The van der Waals surface area contributed by atoms with Gasteiger partial charge in [-0.25, -0.2) is 0 Å². The number of phenolic OH excluding ortho intramolecular Hbond substituents is 5. The van der Waals surface area contributed by atoms with E-state index in [1.54, 1.807) is 55.6 Å². The first-order valence-electron chi connectivity index (χ1n) is 34.9. The van der Waals surface area contributed by atoms with Gasteiger partial charge in [-0.05, 0) is 284 Å². The molecule has 0 bridgehead atoms. The van der Waals surface area contributed by atoms with Gasteiger partial charge in [0.2, 0.25) is 0 Å². The molecule has 0 saturated heterocycles. The van der Waals surface area contributed by atoms with Gasteiger partial charge in [-0.15, -0.1) is 0 Å². The lowest BCUT2D eigenvalue weighted by atomic mass is 9.78. The number of rotatable bonds is 32. The normalized spacial score (nSPS) is 12.4. The lowest BCUT2D eigenvalue weighted by Crippen LogP contribution is -2.52. The molecule has 13 nitrogen and oxygen atoms in total. The number of para-hydroxylation sites is 2. The number of phenols is 6. The molecule has 0 atom stereocenters. The molecule has 0 aliphatic carbocycles. The highest BCUT2D eigenvalue weighted by Crippen LogP contribution is 2.37. The summed E-state index contributed by atoms with van der Waals surface area (Å²) in [4.78, 5) is 0. The molecule has 8 aromatic rings. The average Bonchev–Trinajstić information content (AvgIpc) is 0.811. The monoisotopic (exact) mass is 1450 g/mol. The van der Waals surface area contributed by atoms with Crippen LogP contribution in [-0.2, 0) is 55.5 Å². The fourth-order valence-corrected chi connectivity index (χ4v) is 37.1. The molecule has 8 aromatic carbocycles. The van der Waals surface area contributed by atoms with Crippen LogP contribution < -0.4 is 13.6 Å². The highest BCUT2D eigenvalue weighted by Gasteiger charge is 2.40. The first-order chi connectivity index (χ1) is 46.3. The summed E-state index contributed by atoms with van der Waals surface area (Å²) in [6.07, 6.45) is 7.91. The van der Waals surface area contributed by atoms with E-state index in [0.717, 1.165) is 126 Å². The molecule has 0 saturated carbocycles. The van der Waals surface area contributed by atoms with Crippen molar-refractivity contribution in [3.63, 3.8) is 0 Å². The van der Waals surface area contributed by atoms with Crippen molar-refractivity contribution < 1.29 is 61.7 Å². The minimum atomic E-state index is -2.57. The Morgan fingerprint density at radius 2 is 0.646 bits per heavy atom. The van der Waals surface area contributed by atoms with Crippen molar-refractivity contribution in [1.82, 2.24) is 0 Å². The average molecular weight is 1450 g/mol. The summed E-state index contributed by atoms with van der Waals surface area (Å²) in [5.74, 6) is 3.74. The van der Waals surface area contributed by atoms with Gasteiger partial charge in [-0.1, -0.05) is 125 Å². The highest BCUT2D eigenvalue weighted by atomic mass is 28.5. The van der Waals surface area contributed by atoms with E-state index in [-0.39, 0.29) is 40.4 Å². The van der Waals surface area contributed by atoms with E-state index >= 15 is 0 Å². The van der Waals surface area contributed by atoms with Crippen molar-refractivity contribution in [2.45, 2.75) is 199 Å². The van der Waals surface area contributed by atoms with E-state index in [2.05, 4.69) is 104 Å². The summed E-state index contributed by atoms with van der Waals surface area (Å²) in [5.41, 5.74) is 9.11. The number of aliphatic hydroxyl groups excluding tert-OH is 1. The van der Waals surface area contributed by atoms with E-state index in [9.17, 15) is 35.7 Å². The molecule has 8 rings (SSSR count). The standard InChI is InChI=1S/C34H42O5Si2.C24H38O5Si2.C22H34O3Si2/c1-33(2,25-9-17-29(35)18-10-25)27-13-21-31(22-14-27)37-40(5,6)39-41(7,8)38-32-23-15-28(16-24-32)34(3,4)26-11-19-30(36)20-12-26;1-28-24-17-20(11-13-23(24)27)9-7-15-31(4,5)29-30(2,3)14-6-8-19-10-12-22(26)21(16-19)18-25;1-26(2,17-9-13-19-11-5-7-15-21(19)23)25-27(3,4)18-10-14-20-12-6-8-16-22(20)24/h9-24,35-36H,1-8H3;10-13,16-17,25-27H,6-9,14-15,18H2,1-5H3;5-8,11-12,15-16,23-24H,9-10,13-14,17-18H2,1-4H3. The maximum atomic E-state index is 9.91. The molecule has 0 amide bonds. The molecule has 0 aliphatic rings. The molecule has 0 aromatic heterocycles. The number of aromatic hydroxyl groups is 6. The Morgan fingerprint density at radius 3 is 0.990 bits per heavy atom. The number of aryl methyl sites for hydroxylation is 4. The second-order valence-corrected chi connectivity index (χ2v) is 55.1. The van der Waals surface area contributed by atoms with Gasteiger partial charge in [0.1, 0.15) is 40.2 Å². The predicted molar refractivity (Wildman–Crippen MR) is 420 cm³/mol. The Balaban J connectivity index is 0.000000240.